The number of nitrogen functional groups attached to an aromatic ring is 1. The van der Waals surface area contributed by atoms with Gasteiger partial charge < -0.3 is 21.5 Å². The standard InChI is InChI=1S/C22H21N3O3/c23-18-13-16(21(27)24-11-10-15-6-8-20(26)9-7-15)12-17(14-18)22(28)25-19-4-2-1-3-5-19/h1-9,12-14,26H,10-11,23H2,(H,24,27)(H,25,28). The van der Waals surface area contributed by atoms with E-state index in [0.29, 0.717) is 35.5 Å². The van der Waals surface area contributed by atoms with E-state index in [1.54, 1.807) is 36.4 Å². The predicted octanol–water partition coefficient (Wildman–Crippen LogP) is 3.20. The minimum atomic E-state index is -0.336. The van der Waals surface area contributed by atoms with Gasteiger partial charge in [-0.05, 0) is 54.4 Å². The fourth-order valence-corrected chi connectivity index (χ4v) is 2.72. The summed E-state index contributed by atoms with van der Waals surface area (Å²) in [5.74, 6) is -0.440. The van der Waals surface area contributed by atoms with Crippen molar-refractivity contribution in [2.45, 2.75) is 6.42 Å². The van der Waals surface area contributed by atoms with Crippen molar-refractivity contribution in [3.05, 3.63) is 89.5 Å². The Labute approximate surface area is 163 Å². The third kappa shape index (κ3) is 5.11. The molecule has 0 aliphatic rings. The Kier molecular flexibility index (Phi) is 5.91. The number of hydrogen-bond donors (Lipinski definition) is 4. The molecular formula is C22H21N3O3. The van der Waals surface area contributed by atoms with Crippen LogP contribution in [0.4, 0.5) is 11.4 Å². The summed E-state index contributed by atoms with van der Waals surface area (Å²) in [5, 5.41) is 14.9. The van der Waals surface area contributed by atoms with Gasteiger partial charge >= 0.3 is 0 Å². The predicted molar refractivity (Wildman–Crippen MR) is 109 cm³/mol. The van der Waals surface area contributed by atoms with Crippen molar-refractivity contribution >= 4 is 23.2 Å². The van der Waals surface area contributed by atoms with E-state index < -0.39 is 0 Å². The lowest BCUT2D eigenvalue weighted by Gasteiger charge is -2.10. The monoisotopic (exact) mass is 375 g/mol. The first-order valence-corrected chi connectivity index (χ1v) is 8.84. The van der Waals surface area contributed by atoms with E-state index in [9.17, 15) is 14.7 Å². The summed E-state index contributed by atoms with van der Waals surface area (Å²) < 4.78 is 0. The summed E-state index contributed by atoms with van der Waals surface area (Å²) in [6, 6.07) is 20.5. The topological polar surface area (TPSA) is 104 Å². The number of carbonyl (C=O) groups is 2. The first kappa shape index (κ1) is 19.0. The summed E-state index contributed by atoms with van der Waals surface area (Å²) in [6.07, 6.45) is 0.621. The number of anilines is 2. The van der Waals surface area contributed by atoms with Crippen LogP contribution in [0.25, 0.3) is 0 Å². The Balaban J connectivity index is 1.63. The second-order valence-corrected chi connectivity index (χ2v) is 6.34. The number of benzene rings is 3. The number of para-hydroxylation sites is 1. The molecule has 0 radical (unpaired) electrons. The van der Waals surface area contributed by atoms with Crippen LogP contribution in [0.15, 0.2) is 72.8 Å². The molecule has 5 N–H and O–H groups in total. The average Bonchev–Trinajstić information content (AvgIpc) is 2.69. The van der Waals surface area contributed by atoms with E-state index in [4.69, 9.17) is 5.73 Å². The quantitative estimate of drug-likeness (QED) is 0.497. The van der Waals surface area contributed by atoms with Crippen LogP contribution in [-0.4, -0.2) is 23.5 Å². The minimum absolute atomic E-state index is 0.203. The van der Waals surface area contributed by atoms with Crippen molar-refractivity contribution in [1.29, 1.82) is 0 Å². The van der Waals surface area contributed by atoms with Crippen LogP contribution in [0.1, 0.15) is 26.3 Å². The van der Waals surface area contributed by atoms with Crippen molar-refractivity contribution in [2.24, 2.45) is 0 Å². The van der Waals surface area contributed by atoms with Gasteiger partial charge in [0, 0.05) is 29.0 Å². The smallest absolute Gasteiger partial charge is 0.255 e. The lowest BCUT2D eigenvalue weighted by Crippen LogP contribution is -2.26. The van der Waals surface area contributed by atoms with Gasteiger partial charge in [0.2, 0.25) is 0 Å². The van der Waals surface area contributed by atoms with Crippen molar-refractivity contribution in [1.82, 2.24) is 5.32 Å². The molecule has 142 valence electrons. The number of aromatic hydroxyl groups is 1. The van der Waals surface area contributed by atoms with Crippen LogP contribution in [0.2, 0.25) is 0 Å². The molecule has 0 aromatic heterocycles. The molecule has 3 aromatic carbocycles. The van der Waals surface area contributed by atoms with Gasteiger partial charge in [-0.1, -0.05) is 30.3 Å². The Morgan fingerprint density at radius 3 is 2.18 bits per heavy atom. The molecule has 6 heteroatoms. The maximum atomic E-state index is 12.4. The Bertz CT molecular complexity index is 970. The van der Waals surface area contributed by atoms with Crippen LogP contribution >= 0.6 is 0 Å². The molecule has 0 saturated heterocycles. The van der Waals surface area contributed by atoms with Crippen molar-refractivity contribution < 1.29 is 14.7 Å². The molecular weight excluding hydrogens is 354 g/mol. The van der Waals surface area contributed by atoms with Gasteiger partial charge in [0.05, 0.1) is 0 Å². The molecule has 0 unspecified atom stereocenters. The summed E-state index contributed by atoms with van der Waals surface area (Å²) in [6.45, 7) is 0.421. The summed E-state index contributed by atoms with van der Waals surface area (Å²) in [4.78, 5) is 24.9. The van der Waals surface area contributed by atoms with E-state index in [1.807, 2.05) is 18.2 Å². The first-order valence-electron chi connectivity index (χ1n) is 8.84. The number of amides is 2. The summed E-state index contributed by atoms with van der Waals surface area (Å²) in [7, 11) is 0. The normalized spacial score (nSPS) is 10.3. The van der Waals surface area contributed by atoms with E-state index >= 15 is 0 Å². The molecule has 0 aliphatic heterocycles. The number of nitrogens with two attached hydrogens (primary N) is 1. The lowest BCUT2D eigenvalue weighted by atomic mass is 10.1. The van der Waals surface area contributed by atoms with Gasteiger partial charge in [-0.2, -0.15) is 0 Å². The summed E-state index contributed by atoms with van der Waals surface area (Å²) in [5.41, 5.74) is 8.51. The highest BCUT2D eigenvalue weighted by Crippen LogP contribution is 2.15. The number of phenolic OH excluding ortho intramolecular Hbond substituents is 1. The average molecular weight is 375 g/mol. The van der Waals surface area contributed by atoms with E-state index in [0.717, 1.165) is 5.56 Å². The van der Waals surface area contributed by atoms with Crippen molar-refractivity contribution in [2.75, 3.05) is 17.6 Å². The van der Waals surface area contributed by atoms with Crippen LogP contribution in [-0.2, 0) is 6.42 Å². The van der Waals surface area contributed by atoms with Crippen molar-refractivity contribution in [3.8, 4) is 5.75 Å². The second-order valence-electron chi connectivity index (χ2n) is 6.34. The third-order valence-electron chi connectivity index (χ3n) is 4.15. The zero-order valence-corrected chi connectivity index (χ0v) is 15.2. The summed E-state index contributed by atoms with van der Waals surface area (Å²) >= 11 is 0. The number of phenols is 1. The molecule has 0 aliphatic carbocycles. The van der Waals surface area contributed by atoms with Gasteiger partial charge in [0.25, 0.3) is 11.8 Å². The van der Waals surface area contributed by atoms with Crippen LogP contribution in [0.5, 0.6) is 5.75 Å². The van der Waals surface area contributed by atoms with Gasteiger partial charge in [-0.25, -0.2) is 0 Å². The first-order chi connectivity index (χ1) is 13.5. The largest absolute Gasteiger partial charge is 0.508 e. The maximum absolute atomic E-state index is 12.4. The van der Waals surface area contributed by atoms with E-state index in [2.05, 4.69) is 10.6 Å². The van der Waals surface area contributed by atoms with Gasteiger partial charge in [-0.3, -0.25) is 9.59 Å². The number of carbonyl (C=O) groups excluding carboxylic acids is 2. The number of hydrogen-bond acceptors (Lipinski definition) is 4. The van der Waals surface area contributed by atoms with Gasteiger partial charge in [-0.15, -0.1) is 0 Å². The molecule has 0 bridgehead atoms. The second kappa shape index (κ2) is 8.73. The zero-order valence-electron chi connectivity index (χ0n) is 15.2. The highest BCUT2D eigenvalue weighted by atomic mass is 16.3. The van der Waals surface area contributed by atoms with Crippen LogP contribution in [0.3, 0.4) is 0 Å². The molecule has 0 saturated carbocycles. The number of rotatable bonds is 6. The van der Waals surface area contributed by atoms with Gasteiger partial charge in [0.1, 0.15) is 5.75 Å². The molecule has 3 rings (SSSR count). The molecule has 0 spiro atoms. The van der Waals surface area contributed by atoms with Gasteiger partial charge in [0.15, 0.2) is 0 Å². The van der Waals surface area contributed by atoms with Crippen LogP contribution < -0.4 is 16.4 Å². The highest BCUT2D eigenvalue weighted by molar-refractivity contribution is 6.07. The fourth-order valence-electron chi connectivity index (χ4n) is 2.72. The maximum Gasteiger partial charge on any atom is 0.255 e. The Hall–Kier alpha value is -3.80. The molecule has 28 heavy (non-hydrogen) atoms. The molecule has 3 aromatic rings. The van der Waals surface area contributed by atoms with E-state index in [1.165, 1.54) is 18.2 Å². The SMILES string of the molecule is Nc1cc(C(=O)NCCc2ccc(O)cc2)cc(C(=O)Nc2ccccc2)c1. The van der Waals surface area contributed by atoms with Crippen molar-refractivity contribution in [3.63, 3.8) is 0 Å². The Morgan fingerprint density at radius 2 is 1.50 bits per heavy atom. The lowest BCUT2D eigenvalue weighted by molar-refractivity contribution is 0.0954. The molecule has 0 fully saturated rings. The number of nitrogens with one attached hydrogen (secondary N) is 2. The minimum Gasteiger partial charge on any atom is -0.508 e. The molecule has 0 atom stereocenters. The molecule has 2 amide bonds. The Morgan fingerprint density at radius 1 is 0.857 bits per heavy atom. The third-order valence-corrected chi connectivity index (χ3v) is 4.15. The highest BCUT2D eigenvalue weighted by Gasteiger charge is 2.12. The molecule has 0 heterocycles. The fraction of sp³-hybridized carbons (Fsp3) is 0.0909. The van der Waals surface area contributed by atoms with Crippen LogP contribution in [0, 0.1) is 0 Å². The zero-order chi connectivity index (χ0) is 19.9. The van der Waals surface area contributed by atoms with E-state index in [-0.39, 0.29) is 17.6 Å². The molecule has 6 nitrogen and oxygen atoms in total.